The summed E-state index contributed by atoms with van der Waals surface area (Å²) in [4.78, 5) is 4.18. The molecule has 0 saturated carbocycles. The number of sulfonamides is 1. The number of nitrogens with two attached hydrogens (primary N) is 1. The number of aromatic nitrogens is 1. The highest BCUT2D eigenvalue weighted by Crippen LogP contribution is 1.98. The highest BCUT2D eigenvalue weighted by Gasteiger charge is 2.16. The second kappa shape index (κ2) is 6.04. The van der Waals surface area contributed by atoms with E-state index in [0.29, 0.717) is 6.42 Å². The molecule has 1 aromatic rings. The second-order valence-electron chi connectivity index (χ2n) is 3.63. The lowest BCUT2D eigenvalue weighted by atomic mass is 10.3. The number of nitrogens with zero attached hydrogens (tertiary/aromatic N) is 1. The Balaban J connectivity index is 2.54. The minimum Gasteiger partial charge on any atom is -0.392 e. The third-order valence-electron chi connectivity index (χ3n) is 2.14. The van der Waals surface area contributed by atoms with Crippen molar-refractivity contribution in [1.29, 1.82) is 0 Å². The Kier molecular flexibility index (Phi) is 4.98. The molecule has 0 aliphatic rings. The Hall–Kier alpha value is -1.05. The normalized spacial score (nSPS) is 13.2. The molecule has 0 saturated heterocycles. The zero-order valence-electron chi connectivity index (χ0n) is 9.46. The Morgan fingerprint density at radius 1 is 1.59 bits per heavy atom. The average molecular weight is 273 g/mol. The second-order valence-corrected chi connectivity index (χ2v) is 5.98. The number of rotatable bonds is 6. The lowest BCUT2D eigenvalue weighted by Crippen LogP contribution is -2.42. The van der Waals surface area contributed by atoms with E-state index >= 15 is 0 Å². The van der Waals surface area contributed by atoms with Crippen molar-refractivity contribution in [2.24, 2.45) is 5.73 Å². The van der Waals surface area contributed by atoms with Crippen LogP contribution >= 0.6 is 12.2 Å². The van der Waals surface area contributed by atoms with E-state index in [1.165, 1.54) is 0 Å². The zero-order valence-corrected chi connectivity index (χ0v) is 11.1. The molecule has 7 heteroatoms. The summed E-state index contributed by atoms with van der Waals surface area (Å²) in [5, 5.41) is 0. The van der Waals surface area contributed by atoms with E-state index in [9.17, 15) is 8.42 Å². The van der Waals surface area contributed by atoms with E-state index in [0.717, 1.165) is 5.69 Å². The quantitative estimate of drug-likeness (QED) is 0.724. The molecule has 0 amide bonds. The van der Waals surface area contributed by atoms with Crippen molar-refractivity contribution in [2.75, 3.05) is 5.75 Å². The van der Waals surface area contributed by atoms with E-state index in [2.05, 4.69) is 9.71 Å². The van der Waals surface area contributed by atoms with Crippen LogP contribution in [-0.4, -0.2) is 30.2 Å². The summed E-state index contributed by atoms with van der Waals surface area (Å²) in [5.74, 6) is -0.0308. The van der Waals surface area contributed by atoms with Gasteiger partial charge in [0.15, 0.2) is 0 Å². The Labute approximate surface area is 106 Å². The first kappa shape index (κ1) is 14.0. The third kappa shape index (κ3) is 5.20. The Morgan fingerprint density at radius 3 is 2.82 bits per heavy atom. The maximum Gasteiger partial charge on any atom is 0.212 e. The van der Waals surface area contributed by atoms with Gasteiger partial charge in [0.05, 0.1) is 16.8 Å². The van der Waals surface area contributed by atoms with Crippen LogP contribution in [0, 0.1) is 0 Å². The van der Waals surface area contributed by atoms with E-state index in [1.807, 2.05) is 6.07 Å². The molecule has 0 bridgehead atoms. The molecule has 1 rings (SSSR count). The van der Waals surface area contributed by atoms with Crippen LogP contribution in [0.2, 0.25) is 0 Å². The molecule has 0 fully saturated rings. The fraction of sp³-hybridized carbons (Fsp3) is 0.400. The number of aryl methyl sites for hydroxylation is 1. The minimum atomic E-state index is -3.38. The van der Waals surface area contributed by atoms with Gasteiger partial charge >= 0.3 is 0 Å². The van der Waals surface area contributed by atoms with E-state index in [4.69, 9.17) is 18.0 Å². The number of hydrogen-bond donors (Lipinski definition) is 2. The van der Waals surface area contributed by atoms with Crippen LogP contribution < -0.4 is 10.5 Å². The van der Waals surface area contributed by atoms with Gasteiger partial charge in [-0.25, -0.2) is 13.1 Å². The zero-order chi connectivity index (χ0) is 12.9. The van der Waals surface area contributed by atoms with Crippen LogP contribution in [0.3, 0.4) is 0 Å². The molecular formula is C10H15N3O2S2. The lowest BCUT2D eigenvalue weighted by molar-refractivity contribution is 0.577. The van der Waals surface area contributed by atoms with Crippen LogP contribution in [0.1, 0.15) is 12.6 Å². The van der Waals surface area contributed by atoms with Gasteiger partial charge in [-0.05, 0) is 19.1 Å². The van der Waals surface area contributed by atoms with Gasteiger partial charge in [-0.3, -0.25) is 4.98 Å². The largest absolute Gasteiger partial charge is 0.392 e. The maximum absolute atomic E-state index is 11.7. The molecule has 1 heterocycles. The molecule has 94 valence electrons. The summed E-state index contributed by atoms with van der Waals surface area (Å²) in [7, 11) is -3.38. The number of pyridine rings is 1. The molecule has 1 unspecified atom stereocenters. The van der Waals surface area contributed by atoms with E-state index in [-0.39, 0.29) is 10.7 Å². The predicted octanol–water partition coefficient (Wildman–Crippen LogP) is 0.218. The Bertz CT molecular complexity index is 474. The smallest absolute Gasteiger partial charge is 0.212 e. The Morgan fingerprint density at radius 2 is 2.29 bits per heavy atom. The maximum atomic E-state index is 11.7. The van der Waals surface area contributed by atoms with Crippen molar-refractivity contribution in [3.8, 4) is 0 Å². The number of hydrogen-bond acceptors (Lipinski definition) is 4. The molecule has 0 aliphatic carbocycles. The predicted molar refractivity (Wildman–Crippen MR) is 71.1 cm³/mol. The minimum absolute atomic E-state index is 0.0308. The van der Waals surface area contributed by atoms with E-state index < -0.39 is 16.1 Å². The van der Waals surface area contributed by atoms with Crippen LogP contribution in [0.5, 0.6) is 0 Å². The van der Waals surface area contributed by atoms with Crippen LogP contribution in [-0.2, 0) is 16.4 Å². The highest BCUT2D eigenvalue weighted by molar-refractivity contribution is 7.89. The molecule has 0 aliphatic heterocycles. The third-order valence-corrected chi connectivity index (χ3v) is 3.94. The summed E-state index contributed by atoms with van der Waals surface area (Å²) < 4.78 is 25.7. The van der Waals surface area contributed by atoms with Crippen molar-refractivity contribution in [3.05, 3.63) is 30.1 Å². The summed E-state index contributed by atoms with van der Waals surface area (Å²) in [6.07, 6.45) is 1.99. The SMILES string of the molecule is CC(NS(=O)(=O)CCc1ccccn1)C(N)=S. The fourth-order valence-electron chi connectivity index (χ4n) is 1.17. The van der Waals surface area contributed by atoms with Gasteiger partial charge in [-0.1, -0.05) is 18.3 Å². The molecule has 3 N–H and O–H groups in total. The van der Waals surface area contributed by atoms with E-state index in [1.54, 1.807) is 25.3 Å². The van der Waals surface area contributed by atoms with Crippen molar-refractivity contribution < 1.29 is 8.42 Å². The molecule has 1 atom stereocenters. The molecular weight excluding hydrogens is 258 g/mol. The van der Waals surface area contributed by atoms with Gasteiger partial charge in [0, 0.05) is 18.3 Å². The number of nitrogens with one attached hydrogen (secondary N) is 1. The van der Waals surface area contributed by atoms with Crippen LogP contribution in [0.15, 0.2) is 24.4 Å². The first-order valence-corrected chi connectivity index (χ1v) is 7.16. The lowest BCUT2D eigenvalue weighted by Gasteiger charge is -2.12. The van der Waals surface area contributed by atoms with Crippen molar-refractivity contribution in [2.45, 2.75) is 19.4 Å². The van der Waals surface area contributed by atoms with Crippen molar-refractivity contribution >= 4 is 27.2 Å². The monoisotopic (exact) mass is 273 g/mol. The topological polar surface area (TPSA) is 85.1 Å². The van der Waals surface area contributed by atoms with Gasteiger partial charge in [-0.15, -0.1) is 0 Å². The summed E-state index contributed by atoms with van der Waals surface area (Å²) >= 11 is 4.70. The standard InChI is InChI=1S/C10H15N3O2S2/c1-8(10(11)16)13-17(14,15)7-5-9-4-2-3-6-12-9/h2-4,6,8,13H,5,7H2,1H3,(H2,11,16). The molecule has 1 aromatic heterocycles. The molecule has 0 spiro atoms. The van der Waals surface area contributed by atoms with Crippen LogP contribution in [0.4, 0.5) is 0 Å². The molecule has 5 nitrogen and oxygen atoms in total. The van der Waals surface area contributed by atoms with Crippen molar-refractivity contribution in [3.63, 3.8) is 0 Å². The summed E-state index contributed by atoms with van der Waals surface area (Å²) in [5.41, 5.74) is 6.08. The summed E-state index contributed by atoms with van der Waals surface area (Å²) in [6, 6.07) is 4.86. The van der Waals surface area contributed by atoms with Gasteiger partial charge in [-0.2, -0.15) is 0 Å². The fourth-order valence-corrected chi connectivity index (χ4v) is 2.57. The summed E-state index contributed by atoms with van der Waals surface area (Å²) in [6.45, 7) is 1.61. The molecule has 0 aromatic carbocycles. The van der Waals surface area contributed by atoms with Gasteiger partial charge in [0.25, 0.3) is 0 Å². The van der Waals surface area contributed by atoms with Gasteiger partial charge in [0.2, 0.25) is 10.0 Å². The first-order chi connectivity index (χ1) is 7.91. The number of thiocarbonyl (C=S) groups is 1. The molecule has 17 heavy (non-hydrogen) atoms. The molecule has 0 radical (unpaired) electrons. The van der Waals surface area contributed by atoms with Crippen LogP contribution in [0.25, 0.3) is 0 Å². The van der Waals surface area contributed by atoms with Gasteiger partial charge < -0.3 is 5.73 Å². The van der Waals surface area contributed by atoms with Gasteiger partial charge in [0.1, 0.15) is 0 Å². The van der Waals surface area contributed by atoms with Crippen molar-refractivity contribution in [1.82, 2.24) is 9.71 Å². The first-order valence-electron chi connectivity index (χ1n) is 5.10. The average Bonchev–Trinajstić information content (AvgIpc) is 2.27. The highest BCUT2D eigenvalue weighted by atomic mass is 32.2.